The molecule has 2 N–H and O–H groups in total. The zero-order valence-corrected chi connectivity index (χ0v) is 16.2. The van der Waals surface area contributed by atoms with Gasteiger partial charge in [0.05, 0.1) is 0 Å². The molecule has 0 aliphatic heterocycles. The monoisotopic (exact) mass is 382 g/mol. The van der Waals surface area contributed by atoms with Crippen LogP contribution in [0.5, 0.6) is 0 Å². The molecule has 0 aliphatic carbocycles. The highest BCUT2D eigenvalue weighted by molar-refractivity contribution is 5.96. The van der Waals surface area contributed by atoms with Crippen LogP contribution in [0.4, 0.5) is 0 Å². The second-order valence-corrected chi connectivity index (χ2v) is 6.85. The number of benzene rings is 2. The molecule has 0 radical (unpaired) electrons. The standard InChI is InChI=1S/C24H22N4O/c1-17-6-4-9-20-19(16-28-23(17)20)10-11-22(29)25-15-12-18-7-2-3-8-21(18)24-26-13-5-14-27-24/h2-11,13-14,16,28H,12,15H2,1H3,(H,25,29)/b11-10+. The third kappa shape index (κ3) is 4.24. The van der Waals surface area contributed by atoms with Gasteiger partial charge in [-0.25, -0.2) is 9.97 Å². The zero-order chi connectivity index (χ0) is 20.1. The Bertz CT molecular complexity index is 1160. The second-order valence-electron chi connectivity index (χ2n) is 6.85. The van der Waals surface area contributed by atoms with Crippen LogP contribution >= 0.6 is 0 Å². The van der Waals surface area contributed by atoms with E-state index in [9.17, 15) is 4.79 Å². The van der Waals surface area contributed by atoms with Crippen molar-refractivity contribution >= 4 is 22.9 Å². The molecule has 29 heavy (non-hydrogen) atoms. The van der Waals surface area contributed by atoms with Gasteiger partial charge in [0.15, 0.2) is 5.82 Å². The Balaban J connectivity index is 1.38. The molecule has 0 saturated heterocycles. The van der Waals surface area contributed by atoms with Gasteiger partial charge in [0.2, 0.25) is 5.91 Å². The number of para-hydroxylation sites is 1. The SMILES string of the molecule is Cc1cccc2c(/C=C/C(=O)NCCc3ccccc3-c3ncccn3)c[nH]c12. The van der Waals surface area contributed by atoms with Crippen molar-refractivity contribution in [3.05, 3.63) is 89.9 Å². The highest BCUT2D eigenvalue weighted by Gasteiger charge is 2.07. The van der Waals surface area contributed by atoms with Crippen LogP contribution in [0.1, 0.15) is 16.7 Å². The van der Waals surface area contributed by atoms with Crippen LogP contribution < -0.4 is 5.32 Å². The zero-order valence-electron chi connectivity index (χ0n) is 16.2. The molecule has 5 heteroatoms. The first kappa shape index (κ1) is 18.6. The van der Waals surface area contributed by atoms with Gasteiger partial charge in [-0.2, -0.15) is 0 Å². The van der Waals surface area contributed by atoms with E-state index >= 15 is 0 Å². The van der Waals surface area contributed by atoms with Crippen LogP contribution in [-0.2, 0) is 11.2 Å². The molecule has 0 saturated carbocycles. The summed E-state index contributed by atoms with van der Waals surface area (Å²) in [5.41, 5.74) is 5.40. The summed E-state index contributed by atoms with van der Waals surface area (Å²) in [5.74, 6) is 0.587. The van der Waals surface area contributed by atoms with Crippen LogP contribution in [0, 0.1) is 6.92 Å². The highest BCUT2D eigenvalue weighted by atomic mass is 16.1. The minimum Gasteiger partial charge on any atom is -0.360 e. The Morgan fingerprint density at radius 3 is 2.76 bits per heavy atom. The molecule has 4 aromatic rings. The fourth-order valence-corrected chi connectivity index (χ4v) is 3.40. The first-order chi connectivity index (χ1) is 14.2. The number of nitrogens with one attached hydrogen (secondary N) is 2. The Hall–Kier alpha value is -3.73. The maximum atomic E-state index is 12.3. The number of amides is 1. The summed E-state index contributed by atoms with van der Waals surface area (Å²) >= 11 is 0. The first-order valence-corrected chi connectivity index (χ1v) is 9.60. The van der Waals surface area contributed by atoms with Gasteiger partial charge in [-0.3, -0.25) is 4.79 Å². The van der Waals surface area contributed by atoms with Crippen LogP contribution in [0.25, 0.3) is 28.4 Å². The Morgan fingerprint density at radius 1 is 1.07 bits per heavy atom. The molecule has 2 aromatic carbocycles. The lowest BCUT2D eigenvalue weighted by molar-refractivity contribution is -0.116. The maximum absolute atomic E-state index is 12.3. The number of nitrogens with zero attached hydrogens (tertiary/aromatic N) is 2. The molecule has 0 fully saturated rings. The van der Waals surface area contributed by atoms with E-state index < -0.39 is 0 Å². The molecule has 2 heterocycles. The Kier molecular flexibility index (Phi) is 5.47. The highest BCUT2D eigenvalue weighted by Crippen LogP contribution is 2.22. The van der Waals surface area contributed by atoms with Gasteiger partial charge in [0, 0.05) is 47.7 Å². The molecule has 0 spiro atoms. The number of carbonyl (C=O) groups is 1. The number of hydrogen-bond acceptors (Lipinski definition) is 3. The summed E-state index contributed by atoms with van der Waals surface area (Å²) in [6, 6.07) is 16.0. The van der Waals surface area contributed by atoms with Gasteiger partial charge >= 0.3 is 0 Å². The number of carbonyl (C=O) groups excluding carboxylic acids is 1. The van der Waals surface area contributed by atoms with Crippen molar-refractivity contribution in [2.45, 2.75) is 13.3 Å². The van der Waals surface area contributed by atoms with E-state index in [2.05, 4.69) is 39.3 Å². The van der Waals surface area contributed by atoms with Crippen molar-refractivity contribution in [3.63, 3.8) is 0 Å². The molecule has 144 valence electrons. The van der Waals surface area contributed by atoms with E-state index in [0.717, 1.165) is 27.6 Å². The van der Waals surface area contributed by atoms with E-state index in [1.165, 1.54) is 5.56 Å². The molecule has 5 nitrogen and oxygen atoms in total. The molecule has 0 aliphatic rings. The topological polar surface area (TPSA) is 70.7 Å². The van der Waals surface area contributed by atoms with Gasteiger partial charge < -0.3 is 10.3 Å². The second kappa shape index (κ2) is 8.52. The van der Waals surface area contributed by atoms with Crippen LogP contribution in [0.15, 0.2) is 73.2 Å². The first-order valence-electron chi connectivity index (χ1n) is 9.60. The van der Waals surface area contributed by atoms with Gasteiger partial charge in [-0.05, 0) is 42.2 Å². The molecule has 2 aromatic heterocycles. The van der Waals surface area contributed by atoms with E-state index in [1.54, 1.807) is 24.5 Å². The summed E-state index contributed by atoms with van der Waals surface area (Å²) < 4.78 is 0. The van der Waals surface area contributed by atoms with Crippen molar-refractivity contribution in [3.8, 4) is 11.4 Å². The van der Waals surface area contributed by atoms with Gasteiger partial charge in [-0.15, -0.1) is 0 Å². The molecule has 4 rings (SSSR count). The Morgan fingerprint density at radius 2 is 1.90 bits per heavy atom. The fourth-order valence-electron chi connectivity index (χ4n) is 3.40. The minimum atomic E-state index is -0.111. The van der Waals surface area contributed by atoms with Crippen molar-refractivity contribution in [2.75, 3.05) is 6.54 Å². The third-order valence-electron chi connectivity index (χ3n) is 4.89. The minimum absolute atomic E-state index is 0.111. The largest absolute Gasteiger partial charge is 0.360 e. The average Bonchev–Trinajstić information content (AvgIpc) is 3.18. The summed E-state index contributed by atoms with van der Waals surface area (Å²) in [6.07, 6.45) is 9.53. The number of aromatic amines is 1. The van der Waals surface area contributed by atoms with Gasteiger partial charge in [0.25, 0.3) is 0 Å². The number of aryl methyl sites for hydroxylation is 1. The number of rotatable bonds is 6. The number of fused-ring (bicyclic) bond motifs is 1. The van der Waals surface area contributed by atoms with E-state index in [4.69, 9.17) is 0 Å². The quantitative estimate of drug-likeness (QED) is 0.488. The van der Waals surface area contributed by atoms with Crippen LogP contribution in [-0.4, -0.2) is 27.4 Å². The number of hydrogen-bond donors (Lipinski definition) is 2. The average molecular weight is 382 g/mol. The smallest absolute Gasteiger partial charge is 0.244 e. The lowest BCUT2D eigenvalue weighted by Gasteiger charge is -2.08. The molecule has 0 unspecified atom stereocenters. The molecular formula is C24H22N4O. The predicted octanol–water partition coefficient (Wildman–Crippen LogP) is 4.31. The number of aromatic nitrogens is 3. The normalized spacial score (nSPS) is 11.2. The third-order valence-corrected chi connectivity index (χ3v) is 4.89. The van der Waals surface area contributed by atoms with Crippen molar-refractivity contribution in [1.82, 2.24) is 20.3 Å². The summed E-state index contributed by atoms with van der Waals surface area (Å²) in [4.78, 5) is 24.2. The lowest BCUT2D eigenvalue weighted by atomic mass is 10.0. The van der Waals surface area contributed by atoms with Crippen molar-refractivity contribution < 1.29 is 4.79 Å². The maximum Gasteiger partial charge on any atom is 0.244 e. The van der Waals surface area contributed by atoms with E-state index in [1.807, 2.05) is 42.6 Å². The Labute approximate surface area is 169 Å². The molecular weight excluding hydrogens is 360 g/mol. The van der Waals surface area contributed by atoms with E-state index in [0.29, 0.717) is 18.8 Å². The predicted molar refractivity (Wildman–Crippen MR) is 116 cm³/mol. The lowest BCUT2D eigenvalue weighted by Crippen LogP contribution is -2.23. The van der Waals surface area contributed by atoms with E-state index in [-0.39, 0.29) is 5.91 Å². The van der Waals surface area contributed by atoms with Gasteiger partial charge in [0.1, 0.15) is 0 Å². The van der Waals surface area contributed by atoms with Gasteiger partial charge in [-0.1, -0.05) is 42.5 Å². The summed E-state index contributed by atoms with van der Waals surface area (Å²) in [6.45, 7) is 2.61. The van der Waals surface area contributed by atoms with Crippen LogP contribution in [0.3, 0.4) is 0 Å². The summed E-state index contributed by atoms with van der Waals surface area (Å²) in [5, 5.41) is 4.07. The molecule has 0 bridgehead atoms. The molecule has 1 amide bonds. The molecule has 0 atom stereocenters. The summed E-state index contributed by atoms with van der Waals surface area (Å²) in [7, 11) is 0. The van der Waals surface area contributed by atoms with Crippen molar-refractivity contribution in [2.24, 2.45) is 0 Å². The van der Waals surface area contributed by atoms with Crippen LogP contribution in [0.2, 0.25) is 0 Å². The number of H-pyrrole nitrogens is 1. The van der Waals surface area contributed by atoms with Crippen molar-refractivity contribution in [1.29, 1.82) is 0 Å². The fraction of sp³-hybridized carbons (Fsp3) is 0.125.